The van der Waals surface area contributed by atoms with Gasteiger partial charge in [0.15, 0.2) is 0 Å². The predicted octanol–water partition coefficient (Wildman–Crippen LogP) is 3.83. The Balaban J connectivity index is 2.17. The molecule has 3 N–H and O–H groups in total. The lowest BCUT2D eigenvalue weighted by molar-refractivity contribution is 0.790. The summed E-state index contributed by atoms with van der Waals surface area (Å²) in [7, 11) is 4.06. The Bertz CT molecular complexity index is 593. The Kier molecular flexibility index (Phi) is 5.10. The number of aryl methyl sites for hydroxylation is 1. The highest BCUT2D eigenvalue weighted by atomic mass is 35.5. The van der Waals surface area contributed by atoms with E-state index in [4.69, 9.17) is 17.3 Å². The van der Waals surface area contributed by atoms with Gasteiger partial charge in [-0.1, -0.05) is 29.8 Å². The first-order valence-electron chi connectivity index (χ1n) is 7.01. The second kappa shape index (κ2) is 6.83. The standard InChI is InChI=1S/C17H22ClN3/c1-12-4-7-14(10-16(12)18)20-17(11-19)13-5-8-15(9-6-13)21(2)3/h4-10,17,20H,11,19H2,1-3H3. The van der Waals surface area contributed by atoms with Crippen molar-refractivity contribution in [2.24, 2.45) is 5.73 Å². The summed E-state index contributed by atoms with van der Waals surface area (Å²) in [5, 5.41) is 4.20. The second-order valence-electron chi connectivity index (χ2n) is 5.38. The van der Waals surface area contributed by atoms with E-state index in [-0.39, 0.29) is 6.04 Å². The molecule has 0 aliphatic rings. The maximum Gasteiger partial charge on any atom is 0.0636 e. The van der Waals surface area contributed by atoms with Gasteiger partial charge < -0.3 is 16.0 Å². The van der Waals surface area contributed by atoms with Crippen molar-refractivity contribution in [3.8, 4) is 0 Å². The first-order chi connectivity index (χ1) is 10.0. The number of anilines is 2. The van der Waals surface area contributed by atoms with Gasteiger partial charge in [-0.15, -0.1) is 0 Å². The van der Waals surface area contributed by atoms with Gasteiger partial charge >= 0.3 is 0 Å². The fourth-order valence-electron chi connectivity index (χ4n) is 2.17. The average molecular weight is 304 g/mol. The third kappa shape index (κ3) is 3.90. The molecule has 21 heavy (non-hydrogen) atoms. The molecule has 0 heterocycles. The van der Waals surface area contributed by atoms with E-state index in [0.29, 0.717) is 6.54 Å². The van der Waals surface area contributed by atoms with Crippen LogP contribution in [-0.4, -0.2) is 20.6 Å². The van der Waals surface area contributed by atoms with Crippen LogP contribution < -0.4 is 16.0 Å². The lowest BCUT2D eigenvalue weighted by Crippen LogP contribution is -2.20. The highest BCUT2D eigenvalue weighted by molar-refractivity contribution is 6.31. The summed E-state index contributed by atoms with van der Waals surface area (Å²) in [6, 6.07) is 14.5. The van der Waals surface area contributed by atoms with E-state index in [1.807, 2.05) is 39.2 Å². The molecule has 0 saturated heterocycles. The molecule has 0 aromatic heterocycles. The van der Waals surface area contributed by atoms with Crippen molar-refractivity contribution >= 4 is 23.0 Å². The number of halogens is 1. The van der Waals surface area contributed by atoms with Gasteiger partial charge in [0.25, 0.3) is 0 Å². The summed E-state index contributed by atoms with van der Waals surface area (Å²) < 4.78 is 0. The van der Waals surface area contributed by atoms with E-state index in [1.54, 1.807) is 0 Å². The minimum atomic E-state index is 0.0694. The number of rotatable bonds is 5. The number of hydrogen-bond acceptors (Lipinski definition) is 3. The molecule has 0 aliphatic carbocycles. The van der Waals surface area contributed by atoms with Gasteiger partial charge in [0.2, 0.25) is 0 Å². The Morgan fingerprint density at radius 2 is 1.81 bits per heavy atom. The van der Waals surface area contributed by atoms with Crippen LogP contribution in [0.5, 0.6) is 0 Å². The zero-order chi connectivity index (χ0) is 15.4. The van der Waals surface area contributed by atoms with E-state index in [2.05, 4.69) is 34.5 Å². The van der Waals surface area contributed by atoms with Gasteiger partial charge in [0, 0.05) is 37.0 Å². The van der Waals surface area contributed by atoms with E-state index in [1.165, 1.54) is 11.3 Å². The molecule has 1 atom stereocenters. The molecule has 0 fully saturated rings. The molecular formula is C17H22ClN3. The van der Waals surface area contributed by atoms with E-state index < -0.39 is 0 Å². The van der Waals surface area contributed by atoms with Crippen LogP contribution in [0.4, 0.5) is 11.4 Å². The van der Waals surface area contributed by atoms with E-state index in [9.17, 15) is 0 Å². The molecule has 0 bridgehead atoms. The van der Waals surface area contributed by atoms with Crippen LogP contribution in [-0.2, 0) is 0 Å². The summed E-state index contributed by atoms with van der Waals surface area (Å²) in [5.74, 6) is 0. The molecule has 1 unspecified atom stereocenters. The number of benzene rings is 2. The van der Waals surface area contributed by atoms with E-state index in [0.717, 1.165) is 16.3 Å². The second-order valence-corrected chi connectivity index (χ2v) is 5.79. The Hall–Kier alpha value is -1.71. The number of nitrogens with one attached hydrogen (secondary N) is 1. The van der Waals surface area contributed by atoms with Gasteiger partial charge in [-0.3, -0.25) is 0 Å². The Morgan fingerprint density at radius 1 is 1.14 bits per heavy atom. The quantitative estimate of drug-likeness (QED) is 0.882. The zero-order valence-corrected chi connectivity index (χ0v) is 13.5. The molecule has 0 amide bonds. The highest BCUT2D eigenvalue weighted by Gasteiger charge is 2.10. The fraction of sp³-hybridized carbons (Fsp3) is 0.294. The molecular weight excluding hydrogens is 282 g/mol. The molecule has 2 aromatic carbocycles. The fourth-order valence-corrected chi connectivity index (χ4v) is 2.35. The van der Waals surface area contributed by atoms with Crippen molar-refractivity contribution in [1.82, 2.24) is 0 Å². The molecule has 0 aliphatic heterocycles. The summed E-state index contributed by atoms with van der Waals surface area (Å²) in [5.41, 5.74) is 10.3. The predicted molar refractivity (Wildman–Crippen MR) is 92.4 cm³/mol. The molecule has 2 aromatic rings. The van der Waals surface area contributed by atoms with Gasteiger partial charge in [-0.05, 0) is 42.3 Å². The van der Waals surface area contributed by atoms with Crippen LogP contribution in [0.3, 0.4) is 0 Å². The first-order valence-corrected chi connectivity index (χ1v) is 7.39. The SMILES string of the molecule is Cc1ccc(NC(CN)c2ccc(N(C)C)cc2)cc1Cl. The Morgan fingerprint density at radius 3 is 2.33 bits per heavy atom. The van der Waals surface area contributed by atoms with Crippen LogP contribution >= 0.6 is 11.6 Å². The third-order valence-corrected chi connectivity index (χ3v) is 3.97. The molecule has 0 saturated carbocycles. The van der Waals surface area contributed by atoms with Gasteiger partial charge in [0.1, 0.15) is 0 Å². The van der Waals surface area contributed by atoms with Crippen molar-refractivity contribution in [1.29, 1.82) is 0 Å². The van der Waals surface area contributed by atoms with Gasteiger partial charge in [0.05, 0.1) is 6.04 Å². The van der Waals surface area contributed by atoms with Crippen LogP contribution in [0.1, 0.15) is 17.2 Å². The summed E-state index contributed by atoms with van der Waals surface area (Å²) in [6.45, 7) is 2.51. The molecule has 2 rings (SSSR count). The third-order valence-electron chi connectivity index (χ3n) is 3.56. The van der Waals surface area contributed by atoms with Crippen LogP contribution in [0, 0.1) is 6.92 Å². The first kappa shape index (κ1) is 15.7. The number of nitrogens with two attached hydrogens (primary N) is 1. The largest absolute Gasteiger partial charge is 0.378 e. The molecule has 112 valence electrons. The lowest BCUT2D eigenvalue weighted by Gasteiger charge is -2.20. The lowest BCUT2D eigenvalue weighted by atomic mass is 10.1. The molecule has 3 nitrogen and oxygen atoms in total. The highest BCUT2D eigenvalue weighted by Crippen LogP contribution is 2.25. The van der Waals surface area contributed by atoms with Crippen LogP contribution in [0.25, 0.3) is 0 Å². The number of hydrogen-bond donors (Lipinski definition) is 2. The van der Waals surface area contributed by atoms with Crippen molar-refractivity contribution < 1.29 is 0 Å². The molecule has 4 heteroatoms. The smallest absolute Gasteiger partial charge is 0.0636 e. The minimum absolute atomic E-state index is 0.0694. The van der Waals surface area contributed by atoms with Crippen LogP contribution in [0.15, 0.2) is 42.5 Å². The van der Waals surface area contributed by atoms with Crippen molar-refractivity contribution in [2.45, 2.75) is 13.0 Å². The maximum absolute atomic E-state index is 6.17. The summed E-state index contributed by atoms with van der Waals surface area (Å²) in [6.07, 6.45) is 0. The monoisotopic (exact) mass is 303 g/mol. The maximum atomic E-state index is 6.17. The minimum Gasteiger partial charge on any atom is -0.378 e. The van der Waals surface area contributed by atoms with Crippen molar-refractivity contribution in [3.63, 3.8) is 0 Å². The van der Waals surface area contributed by atoms with Crippen molar-refractivity contribution in [3.05, 3.63) is 58.6 Å². The topological polar surface area (TPSA) is 41.3 Å². The van der Waals surface area contributed by atoms with Gasteiger partial charge in [-0.25, -0.2) is 0 Å². The van der Waals surface area contributed by atoms with Crippen LogP contribution in [0.2, 0.25) is 5.02 Å². The zero-order valence-electron chi connectivity index (χ0n) is 12.7. The summed E-state index contributed by atoms with van der Waals surface area (Å²) in [4.78, 5) is 2.08. The normalized spacial score (nSPS) is 12.0. The van der Waals surface area contributed by atoms with Gasteiger partial charge in [-0.2, -0.15) is 0 Å². The van der Waals surface area contributed by atoms with Crippen molar-refractivity contribution in [2.75, 3.05) is 30.9 Å². The summed E-state index contributed by atoms with van der Waals surface area (Å²) >= 11 is 6.17. The molecule has 0 radical (unpaired) electrons. The Labute approximate surface area is 131 Å². The average Bonchev–Trinajstić information content (AvgIpc) is 2.48. The molecule has 0 spiro atoms. The van der Waals surface area contributed by atoms with E-state index >= 15 is 0 Å². The number of nitrogens with zero attached hydrogens (tertiary/aromatic N) is 1.